The number of nitrogen functional groups attached to an aromatic ring is 1. The van der Waals surface area contributed by atoms with Crippen LogP contribution >= 0.6 is 11.6 Å². The molecule has 0 heterocycles. The molecule has 3 N–H and O–H groups in total. The van der Waals surface area contributed by atoms with Crippen molar-refractivity contribution in [1.29, 1.82) is 0 Å². The molecule has 2 rings (SSSR count). The second kappa shape index (κ2) is 6.95. The molecule has 114 valence electrons. The number of carbonyl (C=O) groups is 2. The van der Waals surface area contributed by atoms with E-state index in [0.717, 1.165) is 0 Å². The van der Waals surface area contributed by atoms with Crippen molar-refractivity contribution >= 4 is 34.9 Å². The van der Waals surface area contributed by atoms with Crippen LogP contribution in [0.15, 0.2) is 48.5 Å². The molecule has 0 aliphatic carbocycles. The molecule has 0 saturated carbocycles. The lowest BCUT2D eigenvalue weighted by atomic mass is 10.2. The van der Waals surface area contributed by atoms with Gasteiger partial charge in [0.25, 0.3) is 5.91 Å². The summed E-state index contributed by atoms with van der Waals surface area (Å²) in [6.45, 7) is 1.48. The van der Waals surface area contributed by atoms with Gasteiger partial charge in [0.05, 0.1) is 16.3 Å². The monoisotopic (exact) mass is 318 g/mol. The third-order valence-corrected chi connectivity index (χ3v) is 3.24. The van der Waals surface area contributed by atoms with E-state index in [1.165, 1.54) is 13.0 Å². The summed E-state index contributed by atoms with van der Waals surface area (Å²) in [6.07, 6.45) is -0.967. The van der Waals surface area contributed by atoms with Gasteiger partial charge in [-0.1, -0.05) is 29.8 Å². The minimum Gasteiger partial charge on any atom is -0.449 e. The Morgan fingerprint density at radius 1 is 1.18 bits per heavy atom. The largest absolute Gasteiger partial charge is 0.449 e. The van der Waals surface area contributed by atoms with Crippen molar-refractivity contribution in [2.45, 2.75) is 13.0 Å². The smallest absolute Gasteiger partial charge is 0.338 e. The Hall–Kier alpha value is -2.53. The molecule has 0 aliphatic rings. The van der Waals surface area contributed by atoms with E-state index in [9.17, 15) is 9.59 Å². The molecule has 1 atom stereocenters. The van der Waals surface area contributed by atoms with Gasteiger partial charge in [-0.15, -0.1) is 0 Å². The minimum atomic E-state index is -0.967. The number of para-hydroxylation sites is 1. The van der Waals surface area contributed by atoms with Crippen LogP contribution in [-0.4, -0.2) is 18.0 Å². The number of nitrogens with two attached hydrogens (primary N) is 1. The van der Waals surface area contributed by atoms with Crippen LogP contribution in [0.25, 0.3) is 0 Å². The highest BCUT2D eigenvalue weighted by atomic mass is 35.5. The Balaban J connectivity index is 1.99. The van der Waals surface area contributed by atoms with Crippen LogP contribution in [0.3, 0.4) is 0 Å². The fourth-order valence-electron chi connectivity index (χ4n) is 1.74. The molecule has 0 bridgehead atoms. The zero-order valence-electron chi connectivity index (χ0n) is 11.9. The molecular formula is C16H15ClN2O3. The topological polar surface area (TPSA) is 81.4 Å². The first-order valence-corrected chi connectivity index (χ1v) is 6.97. The number of hydrogen-bond acceptors (Lipinski definition) is 4. The van der Waals surface area contributed by atoms with Gasteiger partial charge in [-0.25, -0.2) is 4.79 Å². The fraction of sp³-hybridized carbons (Fsp3) is 0.125. The molecule has 0 unspecified atom stereocenters. The third-order valence-electron chi connectivity index (χ3n) is 2.91. The second-order valence-corrected chi connectivity index (χ2v) is 5.05. The maximum absolute atomic E-state index is 12.0. The lowest BCUT2D eigenvalue weighted by Crippen LogP contribution is -2.30. The minimum absolute atomic E-state index is 0.289. The average Bonchev–Trinajstić information content (AvgIpc) is 2.49. The molecule has 5 nitrogen and oxygen atoms in total. The van der Waals surface area contributed by atoms with Crippen molar-refractivity contribution in [2.75, 3.05) is 11.1 Å². The fourth-order valence-corrected chi connectivity index (χ4v) is 1.93. The molecule has 0 aliphatic heterocycles. The second-order valence-electron chi connectivity index (χ2n) is 4.64. The van der Waals surface area contributed by atoms with Crippen LogP contribution in [0, 0.1) is 0 Å². The van der Waals surface area contributed by atoms with E-state index in [0.29, 0.717) is 16.4 Å². The summed E-state index contributed by atoms with van der Waals surface area (Å²) in [5.41, 5.74) is 6.80. The predicted molar refractivity (Wildman–Crippen MR) is 85.8 cm³/mol. The Bertz CT molecular complexity index is 703. The van der Waals surface area contributed by atoms with Gasteiger partial charge in [0.2, 0.25) is 0 Å². The van der Waals surface area contributed by atoms with Crippen molar-refractivity contribution in [3.05, 3.63) is 59.1 Å². The molecule has 0 aromatic heterocycles. The average molecular weight is 319 g/mol. The third kappa shape index (κ3) is 3.99. The number of halogens is 1. The van der Waals surface area contributed by atoms with Gasteiger partial charge < -0.3 is 15.8 Å². The van der Waals surface area contributed by atoms with E-state index in [-0.39, 0.29) is 5.56 Å². The Morgan fingerprint density at radius 3 is 2.59 bits per heavy atom. The van der Waals surface area contributed by atoms with Crippen LogP contribution in [0.1, 0.15) is 17.3 Å². The summed E-state index contributed by atoms with van der Waals surface area (Å²) in [5.74, 6) is -1.08. The number of carbonyl (C=O) groups excluding carboxylic acids is 2. The zero-order valence-corrected chi connectivity index (χ0v) is 12.6. The summed E-state index contributed by atoms with van der Waals surface area (Å²) in [4.78, 5) is 24.0. The molecule has 0 radical (unpaired) electrons. The molecule has 0 saturated heterocycles. The van der Waals surface area contributed by atoms with E-state index < -0.39 is 18.0 Å². The summed E-state index contributed by atoms with van der Waals surface area (Å²) < 4.78 is 5.12. The molecular weight excluding hydrogens is 304 g/mol. The van der Waals surface area contributed by atoms with E-state index in [2.05, 4.69) is 5.32 Å². The summed E-state index contributed by atoms with van der Waals surface area (Å²) >= 11 is 5.96. The van der Waals surface area contributed by atoms with Gasteiger partial charge in [-0.2, -0.15) is 0 Å². The summed E-state index contributed by atoms with van der Waals surface area (Å²) in [5, 5.41) is 3.01. The zero-order chi connectivity index (χ0) is 16.1. The predicted octanol–water partition coefficient (Wildman–Crippen LogP) is 3.11. The van der Waals surface area contributed by atoms with Gasteiger partial charge in [0.1, 0.15) is 0 Å². The molecule has 1 amide bonds. The van der Waals surface area contributed by atoms with E-state index >= 15 is 0 Å². The lowest BCUT2D eigenvalue weighted by Gasteiger charge is -2.14. The molecule has 2 aromatic rings. The lowest BCUT2D eigenvalue weighted by molar-refractivity contribution is -0.123. The Morgan fingerprint density at radius 2 is 1.91 bits per heavy atom. The van der Waals surface area contributed by atoms with Gasteiger partial charge in [0, 0.05) is 5.69 Å². The van der Waals surface area contributed by atoms with Crippen molar-refractivity contribution < 1.29 is 14.3 Å². The number of nitrogens with one attached hydrogen (secondary N) is 1. The van der Waals surface area contributed by atoms with Crippen molar-refractivity contribution in [1.82, 2.24) is 0 Å². The molecule has 0 fully saturated rings. The number of amides is 1. The molecule has 2 aromatic carbocycles. The highest BCUT2D eigenvalue weighted by molar-refractivity contribution is 6.33. The first-order chi connectivity index (χ1) is 10.5. The van der Waals surface area contributed by atoms with E-state index in [1.807, 2.05) is 0 Å². The number of esters is 1. The van der Waals surface area contributed by atoms with E-state index in [4.69, 9.17) is 22.1 Å². The van der Waals surface area contributed by atoms with Gasteiger partial charge in [-0.3, -0.25) is 4.79 Å². The standard InChI is InChI=1S/C16H15ClN2O3/c1-10(15(20)19-14-8-3-2-7-13(14)17)22-16(21)11-5-4-6-12(18)9-11/h2-10H,18H2,1H3,(H,19,20)/t10-/m1/s1. The number of benzene rings is 2. The highest BCUT2D eigenvalue weighted by Crippen LogP contribution is 2.20. The first kappa shape index (κ1) is 15.9. The van der Waals surface area contributed by atoms with Crippen LogP contribution in [0.5, 0.6) is 0 Å². The van der Waals surface area contributed by atoms with Crippen LogP contribution in [0.4, 0.5) is 11.4 Å². The number of rotatable bonds is 4. The SMILES string of the molecule is C[C@@H](OC(=O)c1cccc(N)c1)C(=O)Nc1ccccc1Cl. The molecule has 0 spiro atoms. The van der Waals surface area contributed by atoms with Crippen LogP contribution in [0.2, 0.25) is 5.02 Å². The normalized spacial score (nSPS) is 11.5. The van der Waals surface area contributed by atoms with Crippen LogP contribution < -0.4 is 11.1 Å². The molecule has 22 heavy (non-hydrogen) atoms. The van der Waals surface area contributed by atoms with Crippen molar-refractivity contribution in [3.8, 4) is 0 Å². The van der Waals surface area contributed by atoms with Crippen molar-refractivity contribution in [3.63, 3.8) is 0 Å². The maximum atomic E-state index is 12.0. The van der Waals surface area contributed by atoms with E-state index in [1.54, 1.807) is 42.5 Å². The quantitative estimate of drug-likeness (QED) is 0.670. The van der Waals surface area contributed by atoms with Gasteiger partial charge in [-0.05, 0) is 37.3 Å². The highest BCUT2D eigenvalue weighted by Gasteiger charge is 2.19. The Labute approximate surface area is 133 Å². The van der Waals surface area contributed by atoms with Gasteiger partial charge >= 0.3 is 5.97 Å². The molecule has 6 heteroatoms. The number of hydrogen-bond donors (Lipinski definition) is 2. The number of ether oxygens (including phenoxy) is 1. The first-order valence-electron chi connectivity index (χ1n) is 6.59. The summed E-state index contributed by atoms with van der Waals surface area (Å²) in [6, 6.07) is 13.2. The maximum Gasteiger partial charge on any atom is 0.338 e. The number of anilines is 2. The summed E-state index contributed by atoms with van der Waals surface area (Å²) in [7, 11) is 0. The van der Waals surface area contributed by atoms with Gasteiger partial charge in [0.15, 0.2) is 6.10 Å². The van der Waals surface area contributed by atoms with Crippen molar-refractivity contribution in [2.24, 2.45) is 0 Å². The Kier molecular flexibility index (Phi) is 5.01. The van der Waals surface area contributed by atoms with Crippen LogP contribution in [-0.2, 0) is 9.53 Å².